The van der Waals surface area contributed by atoms with Crippen LogP contribution < -0.4 is 25.2 Å². The minimum Gasteiger partial charge on any atom is -0.457 e. The molecule has 3 aromatic carbocycles. The Bertz CT molecular complexity index is 1440. The molecule has 2 aliphatic rings. The van der Waals surface area contributed by atoms with Crippen LogP contribution in [0.1, 0.15) is 5.56 Å². The first kappa shape index (κ1) is 25.1. The lowest BCUT2D eigenvalue weighted by atomic mass is 10.1. The number of amides is 2. The maximum Gasteiger partial charge on any atom is 0.293 e. The number of benzene rings is 3. The standard InChI is InChI=1S/C27H23N5O5S/c33-25-22(16-18-6-11-23(24(17-18)32(35)36)30-14-12-28-13-15-30)26(34)31(27(38)29-25)19-7-9-21(10-8-19)37-20-4-2-1-3-5-20/h1-11,16-17,28H,12-15H2,(H,29,33,38). The van der Waals surface area contributed by atoms with Gasteiger partial charge in [-0.25, -0.2) is 0 Å². The second-order valence-corrected chi connectivity index (χ2v) is 9.00. The molecule has 2 amide bonds. The van der Waals surface area contributed by atoms with E-state index < -0.39 is 16.7 Å². The molecule has 0 bridgehead atoms. The van der Waals surface area contributed by atoms with E-state index in [0.717, 1.165) is 13.1 Å². The van der Waals surface area contributed by atoms with Gasteiger partial charge >= 0.3 is 0 Å². The highest BCUT2D eigenvalue weighted by Crippen LogP contribution is 2.31. The highest BCUT2D eigenvalue weighted by Gasteiger charge is 2.34. The molecule has 2 saturated heterocycles. The number of anilines is 2. The van der Waals surface area contributed by atoms with E-state index in [0.29, 0.717) is 41.5 Å². The Balaban J connectivity index is 1.41. The van der Waals surface area contributed by atoms with Crippen molar-refractivity contribution in [1.29, 1.82) is 0 Å². The third-order valence-electron chi connectivity index (χ3n) is 6.14. The molecule has 0 spiro atoms. The highest BCUT2D eigenvalue weighted by atomic mass is 32.1. The molecule has 38 heavy (non-hydrogen) atoms. The minimum atomic E-state index is -0.672. The fourth-order valence-corrected chi connectivity index (χ4v) is 4.58. The van der Waals surface area contributed by atoms with Crippen LogP contribution in [0.2, 0.25) is 0 Å². The van der Waals surface area contributed by atoms with Crippen molar-refractivity contribution in [3.63, 3.8) is 0 Å². The number of nitro groups is 1. The van der Waals surface area contributed by atoms with E-state index in [1.807, 2.05) is 35.2 Å². The molecule has 5 rings (SSSR count). The van der Waals surface area contributed by atoms with Crippen LogP contribution in [0.25, 0.3) is 6.08 Å². The zero-order chi connectivity index (χ0) is 26.6. The van der Waals surface area contributed by atoms with Gasteiger partial charge in [0.2, 0.25) is 0 Å². The third-order valence-corrected chi connectivity index (χ3v) is 6.42. The number of rotatable bonds is 6. The predicted molar refractivity (Wildman–Crippen MR) is 147 cm³/mol. The molecule has 3 aromatic rings. The van der Waals surface area contributed by atoms with Crippen LogP contribution in [0.15, 0.2) is 78.4 Å². The fraction of sp³-hybridized carbons (Fsp3) is 0.148. The van der Waals surface area contributed by atoms with Gasteiger partial charge in [0, 0.05) is 32.2 Å². The maximum atomic E-state index is 13.4. The monoisotopic (exact) mass is 529 g/mol. The fourth-order valence-electron chi connectivity index (χ4n) is 4.30. The lowest BCUT2D eigenvalue weighted by Crippen LogP contribution is -2.54. The molecule has 2 fully saturated rings. The molecule has 2 N–H and O–H groups in total. The number of hydrogen-bond donors (Lipinski definition) is 2. The van der Waals surface area contributed by atoms with Gasteiger partial charge in [-0.1, -0.05) is 24.3 Å². The predicted octanol–water partition coefficient (Wildman–Crippen LogP) is 3.63. The number of thiocarbonyl (C=S) groups is 1. The maximum absolute atomic E-state index is 13.4. The van der Waals surface area contributed by atoms with Crippen LogP contribution >= 0.6 is 12.2 Å². The quantitative estimate of drug-likeness (QED) is 0.164. The Kier molecular flexibility index (Phi) is 7.11. The van der Waals surface area contributed by atoms with E-state index in [1.165, 1.54) is 17.0 Å². The Morgan fingerprint density at radius 2 is 1.63 bits per heavy atom. The lowest BCUT2D eigenvalue weighted by molar-refractivity contribution is -0.384. The molecule has 2 aliphatic heterocycles. The topological polar surface area (TPSA) is 117 Å². The number of nitrogens with one attached hydrogen (secondary N) is 2. The summed E-state index contributed by atoms with van der Waals surface area (Å²) < 4.78 is 5.80. The second-order valence-electron chi connectivity index (χ2n) is 8.61. The highest BCUT2D eigenvalue weighted by molar-refractivity contribution is 7.80. The second kappa shape index (κ2) is 10.8. The number of carbonyl (C=O) groups excluding carboxylic acids is 2. The largest absolute Gasteiger partial charge is 0.457 e. The molecule has 0 atom stereocenters. The molecule has 192 valence electrons. The summed E-state index contributed by atoms with van der Waals surface area (Å²) in [6.07, 6.45) is 1.34. The first-order chi connectivity index (χ1) is 18.4. The summed E-state index contributed by atoms with van der Waals surface area (Å²) in [5, 5.41) is 17.5. The molecule has 0 radical (unpaired) electrons. The molecular weight excluding hydrogens is 506 g/mol. The number of nitrogens with zero attached hydrogens (tertiary/aromatic N) is 3. The summed E-state index contributed by atoms with van der Waals surface area (Å²) in [6.45, 7) is 2.74. The summed E-state index contributed by atoms with van der Waals surface area (Å²) in [6, 6.07) is 20.6. The van der Waals surface area contributed by atoms with Crippen molar-refractivity contribution in [2.45, 2.75) is 0 Å². The van der Waals surface area contributed by atoms with Gasteiger partial charge in [-0.2, -0.15) is 0 Å². The average molecular weight is 530 g/mol. The van der Waals surface area contributed by atoms with E-state index >= 15 is 0 Å². The molecule has 0 unspecified atom stereocenters. The molecule has 0 aromatic heterocycles. The van der Waals surface area contributed by atoms with Gasteiger partial charge in [0.1, 0.15) is 22.8 Å². The first-order valence-corrected chi connectivity index (χ1v) is 12.3. The van der Waals surface area contributed by atoms with Crippen molar-refractivity contribution in [3.05, 3.63) is 94.0 Å². The van der Waals surface area contributed by atoms with Gasteiger partial charge in [0.05, 0.1) is 10.6 Å². The van der Waals surface area contributed by atoms with Crippen molar-refractivity contribution < 1.29 is 19.2 Å². The Morgan fingerprint density at radius 1 is 0.947 bits per heavy atom. The summed E-state index contributed by atoms with van der Waals surface area (Å²) in [5.74, 6) is -0.0789. The zero-order valence-electron chi connectivity index (χ0n) is 20.1. The van der Waals surface area contributed by atoms with E-state index in [4.69, 9.17) is 17.0 Å². The number of nitro benzene ring substituents is 1. The first-order valence-electron chi connectivity index (χ1n) is 11.9. The van der Waals surface area contributed by atoms with Crippen molar-refractivity contribution in [1.82, 2.24) is 10.6 Å². The SMILES string of the molecule is O=C1NC(=S)N(c2ccc(Oc3ccccc3)cc2)C(=O)C1=Cc1ccc(N2CCNCC2)c([N+](=O)[O-])c1. The van der Waals surface area contributed by atoms with E-state index in [9.17, 15) is 19.7 Å². The van der Waals surface area contributed by atoms with Gasteiger partial charge in [0.25, 0.3) is 17.5 Å². The number of carbonyl (C=O) groups is 2. The summed E-state index contributed by atoms with van der Waals surface area (Å²) in [5.41, 5.74) is 1.01. The summed E-state index contributed by atoms with van der Waals surface area (Å²) in [7, 11) is 0. The van der Waals surface area contributed by atoms with Gasteiger partial charge in [0.15, 0.2) is 5.11 Å². The molecule has 10 nitrogen and oxygen atoms in total. The Morgan fingerprint density at radius 3 is 2.32 bits per heavy atom. The zero-order valence-corrected chi connectivity index (χ0v) is 20.9. The molecular formula is C27H23N5O5S. The molecule has 11 heteroatoms. The van der Waals surface area contributed by atoms with Gasteiger partial charge in [-0.05, 0) is 66.3 Å². The molecule has 0 aliphatic carbocycles. The van der Waals surface area contributed by atoms with E-state index in [-0.39, 0.29) is 16.4 Å². The van der Waals surface area contributed by atoms with Crippen LogP contribution in [0, 0.1) is 10.1 Å². The van der Waals surface area contributed by atoms with E-state index in [1.54, 1.807) is 36.4 Å². The number of ether oxygens (including phenoxy) is 1. The van der Waals surface area contributed by atoms with Crippen LogP contribution in [0.4, 0.5) is 17.1 Å². The average Bonchev–Trinajstić information content (AvgIpc) is 2.93. The number of para-hydroxylation sites is 1. The summed E-state index contributed by atoms with van der Waals surface area (Å²) in [4.78, 5) is 40.6. The minimum absolute atomic E-state index is 0.0612. The van der Waals surface area contributed by atoms with Crippen LogP contribution in [0.5, 0.6) is 11.5 Å². The number of hydrogen-bond acceptors (Lipinski definition) is 8. The van der Waals surface area contributed by atoms with Gasteiger partial charge in [-0.3, -0.25) is 29.9 Å². The van der Waals surface area contributed by atoms with Crippen molar-refractivity contribution >= 4 is 52.3 Å². The van der Waals surface area contributed by atoms with Crippen LogP contribution in [0.3, 0.4) is 0 Å². The third kappa shape index (κ3) is 5.24. The van der Waals surface area contributed by atoms with Crippen LogP contribution in [-0.4, -0.2) is 48.0 Å². The lowest BCUT2D eigenvalue weighted by Gasteiger charge is -2.29. The van der Waals surface area contributed by atoms with Crippen molar-refractivity contribution in [2.24, 2.45) is 0 Å². The van der Waals surface area contributed by atoms with Crippen LogP contribution in [-0.2, 0) is 9.59 Å². The normalized spacial score (nSPS) is 16.9. The molecule has 0 saturated carbocycles. The van der Waals surface area contributed by atoms with Crippen molar-refractivity contribution in [2.75, 3.05) is 36.0 Å². The number of piperazine rings is 1. The van der Waals surface area contributed by atoms with Crippen molar-refractivity contribution in [3.8, 4) is 11.5 Å². The van der Waals surface area contributed by atoms with Gasteiger partial charge in [-0.15, -0.1) is 0 Å². The van der Waals surface area contributed by atoms with Gasteiger partial charge < -0.3 is 15.0 Å². The Hall–Kier alpha value is -4.61. The van der Waals surface area contributed by atoms with E-state index in [2.05, 4.69) is 10.6 Å². The smallest absolute Gasteiger partial charge is 0.293 e. The molecule has 2 heterocycles. The Labute approximate surface area is 223 Å². The summed E-state index contributed by atoms with van der Waals surface area (Å²) >= 11 is 5.28.